The molecule has 0 saturated carbocycles. The molecule has 0 heterocycles. The van der Waals surface area contributed by atoms with Gasteiger partial charge in [0.15, 0.2) is 0 Å². The van der Waals surface area contributed by atoms with Gasteiger partial charge in [-0.3, -0.25) is 4.79 Å². The number of hydrogen-bond acceptors (Lipinski definition) is 1. The van der Waals surface area contributed by atoms with E-state index in [9.17, 15) is 4.79 Å². The molecule has 0 fully saturated rings. The van der Waals surface area contributed by atoms with E-state index in [4.69, 9.17) is 23.2 Å². The van der Waals surface area contributed by atoms with Crippen molar-refractivity contribution < 1.29 is 4.79 Å². The molecule has 0 aliphatic rings. The second-order valence-electron chi connectivity index (χ2n) is 3.79. The zero-order chi connectivity index (χ0) is 13.0. The molecule has 2 nitrogen and oxygen atoms in total. The van der Waals surface area contributed by atoms with Crippen molar-refractivity contribution in [2.24, 2.45) is 0 Å². The van der Waals surface area contributed by atoms with E-state index >= 15 is 0 Å². The van der Waals surface area contributed by atoms with Gasteiger partial charge in [-0.05, 0) is 23.3 Å². The molecule has 1 unspecified atom stereocenters. The summed E-state index contributed by atoms with van der Waals surface area (Å²) in [5, 5.41) is 3.87. The summed E-state index contributed by atoms with van der Waals surface area (Å²) in [6.45, 7) is 0. The molecule has 0 spiro atoms. The topological polar surface area (TPSA) is 29.1 Å². The van der Waals surface area contributed by atoms with E-state index in [-0.39, 0.29) is 6.04 Å². The van der Waals surface area contributed by atoms with Gasteiger partial charge in [-0.15, -0.1) is 0 Å². The Morgan fingerprint density at radius 1 is 1.06 bits per heavy atom. The summed E-state index contributed by atoms with van der Waals surface area (Å²) >= 11 is 12.0. The Labute approximate surface area is 116 Å². The van der Waals surface area contributed by atoms with Crippen molar-refractivity contribution in [3.63, 3.8) is 0 Å². The van der Waals surface area contributed by atoms with Crippen LogP contribution < -0.4 is 5.32 Å². The van der Waals surface area contributed by atoms with Crippen molar-refractivity contribution in [2.45, 2.75) is 6.04 Å². The van der Waals surface area contributed by atoms with Crippen LogP contribution >= 0.6 is 23.2 Å². The molecule has 0 aliphatic carbocycles. The van der Waals surface area contributed by atoms with Crippen LogP contribution in [0.4, 0.5) is 0 Å². The van der Waals surface area contributed by atoms with Crippen LogP contribution in [-0.4, -0.2) is 6.41 Å². The SMILES string of the molecule is O=CNC(c1ccccc1)c1ccc(Cl)cc1Cl. The number of hydrogen-bond donors (Lipinski definition) is 1. The summed E-state index contributed by atoms with van der Waals surface area (Å²) in [4.78, 5) is 10.8. The number of halogens is 2. The minimum absolute atomic E-state index is 0.270. The van der Waals surface area contributed by atoms with Crippen molar-refractivity contribution in [3.05, 3.63) is 69.7 Å². The van der Waals surface area contributed by atoms with E-state index in [0.29, 0.717) is 16.5 Å². The number of carbonyl (C=O) groups is 1. The number of rotatable bonds is 4. The quantitative estimate of drug-likeness (QED) is 0.847. The molecule has 2 aromatic carbocycles. The van der Waals surface area contributed by atoms with Crippen molar-refractivity contribution in [1.82, 2.24) is 5.32 Å². The first-order valence-corrected chi connectivity index (χ1v) is 6.17. The first-order chi connectivity index (χ1) is 8.72. The lowest BCUT2D eigenvalue weighted by atomic mass is 9.99. The number of amides is 1. The fourth-order valence-electron chi connectivity index (χ4n) is 1.81. The lowest BCUT2D eigenvalue weighted by Crippen LogP contribution is -2.20. The Hall–Kier alpha value is -1.51. The Morgan fingerprint density at radius 3 is 2.39 bits per heavy atom. The van der Waals surface area contributed by atoms with Crippen molar-refractivity contribution in [3.8, 4) is 0 Å². The van der Waals surface area contributed by atoms with Crippen molar-refractivity contribution in [1.29, 1.82) is 0 Å². The summed E-state index contributed by atoms with van der Waals surface area (Å²) in [6, 6.07) is 14.6. The van der Waals surface area contributed by atoms with Crippen LogP contribution in [0.25, 0.3) is 0 Å². The van der Waals surface area contributed by atoms with Gasteiger partial charge < -0.3 is 5.32 Å². The molecule has 0 aliphatic heterocycles. The van der Waals surface area contributed by atoms with Gasteiger partial charge in [-0.2, -0.15) is 0 Å². The van der Waals surface area contributed by atoms with Gasteiger partial charge in [-0.25, -0.2) is 0 Å². The summed E-state index contributed by atoms with van der Waals surface area (Å²) in [5.41, 5.74) is 1.79. The summed E-state index contributed by atoms with van der Waals surface area (Å²) in [7, 11) is 0. The smallest absolute Gasteiger partial charge is 0.207 e. The van der Waals surface area contributed by atoms with Crippen LogP contribution in [0.5, 0.6) is 0 Å². The minimum Gasteiger partial charge on any atom is -0.348 e. The van der Waals surface area contributed by atoms with E-state index in [0.717, 1.165) is 11.1 Å². The summed E-state index contributed by atoms with van der Waals surface area (Å²) in [6.07, 6.45) is 0.669. The third kappa shape index (κ3) is 2.84. The van der Waals surface area contributed by atoms with Gasteiger partial charge >= 0.3 is 0 Å². The summed E-state index contributed by atoms with van der Waals surface area (Å²) in [5.74, 6) is 0. The molecule has 0 aromatic heterocycles. The Morgan fingerprint density at radius 2 is 1.78 bits per heavy atom. The van der Waals surface area contributed by atoms with Crippen LogP contribution in [0.1, 0.15) is 17.2 Å². The van der Waals surface area contributed by atoms with E-state index in [1.165, 1.54) is 0 Å². The standard InChI is InChI=1S/C14H11Cl2NO/c15-11-6-7-12(13(16)8-11)14(17-9-18)10-4-2-1-3-5-10/h1-9,14H,(H,17,18). The monoisotopic (exact) mass is 279 g/mol. The average Bonchev–Trinajstić information content (AvgIpc) is 2.38. The Kier molecular flexibility index (Phi) is 4.24. The maximum Gasteiger partial charge on any atom is 0.207 e. The van der Waals surface area contributed by atoms with Gasteiger partial charge in [0, 0.05) is 10.0 Å². The van der Waals surface area contributed by atoms with Crippen molar-refractivity contribution >= 4 is 29.6 Å². The third-order valence-electron chi connectivity index (χ3n) is 2.64. The van der Waals surface area contributed by atoms with Crippen LogP contribution in [0.2, 0.25) is 10.0 Å². The molecular formula is C14H11Cl2NO. The molecule has 2 rings (SSSR count). The fourth-order valence-corrected chi connectivity index (χ4v) is 2.33. The Bertz CT molecular complexity index is 543. The van der Waals surface area contributed by atoms with E-state index in [1.807, 2.05) is 36.4 Å². The maximum atomic E-state index is 10.8. The number of benzene rings is 2. The lowest BCUT2D eigenvalue weighted by molar-refractivity contribution is -0.110. The highest BCUT2D eigenvalue weighted by molar-refractivity contribution is 6.35. The van der Waals surface area contributed by atoms with Gasteiger partial charge in [-0.1, -0.05) is 59.6 Å². The van der Waals surface area contributed by atoms with E-state index in [1.54, 1.807) is 12.1 Å². The van der Waals surface area contributed by atoms with Gasteiger partial charge in [0.1, 0.15) is 0 Å². The largest absolute Gasteiger partial charge is 0.348 e. The molecule has 1 N–H and O–H groups in total. The first-order valence-electron chi connectivity index (χ1n) is 5.42. The van der Waals surface area contributed by atoms with Crippen LogP contribution in [0.3, 0.4) is 0 Å². The zero-order valence-electron chi connectivity index (χ0n) is 9.44. The predicted molar refractivity (Wildman–Crippen MR) is 73.9 cm³/mol. The number of nitrogens with one attached hydrogen (secondary N) is 1. The molecule has 92 valence electrons. The van der Waals surface area contributed by atoms with Crippen LogP contribution in [0, 0.1) is 0 Å². The molecule has 4 heteroatoms. The number of carbonyl (C=O) groups excluding carboxylic acids is 1. The van der Waals surface area contributed by atoms with Gasteiger partial charge in [0.2, 0.25) is 6.41 Å². The highest BCUT2D eigenvalue weighted by Gasteiger charge is 2.16. The highest BCUT2D eigenvalue weighted by atomic mass is 35.5. The first kappa shape index (κ1) is 12.9. The van der Waals surface area contributed by atoms with E-state index < -0.39 is 0 Å². The molecule has 1 atom stereocenters. The van der Waals surface area contributed by atoms with Crippen LogP contribution in [0.15, 0.2) is 48.5 Å². The molecule has 0 bridgehead atoms. The normalized spacial score (nSPS) is 11.9. The molecule has 2 aromatic rings. The van der Waals surface area contributed by atoms with Gasteiger partial charge in [0.25, 0.3) is 0 Å². The highest BCUT2D eigenvalue weighted by Crippen LogP contribution is 2.30. The zero-order valence-corrected chi connectivity index (χ0v) is 10.9. The second kappa shape index (κ2) is 5.89. The maximum absolute atomic E-state index is 10.8. The molecule has 0 saturated heterocycles. The average molecular weight is 280 g/mol. The second-order valence-corrected chi connectivity index (χ2v) is 4.64. The predicted octanol–water partition coefficient (Wildman–Crippen LogP) is 3.83. The van der Waals surface area contributed by atoms with Crippen molar-refractivity contribution in [2.75, 3.05) is 0 Å². The molecule has 1 amide bonds. The molecule has 18 heavy (non-hydrogen) atoms. The third-order valence-corrected chi connectivity index (χ3v) is 3.20. The molecular weight excluding hydrogens is 269 g/mol. The van der Waals surface area contributed by atoms with Crippen LogP contribution in [-0.2, 0) is 4.79 Å². The minimum atomic E-state index is -0.270. The fraction of sp³-hybridized carbons (Fsp3) is 0.0714. The Balaban J connectivity index is 2.44. The van der Waals surface area contributed by atoms with E-state index in [2.05, 4.69) is 5.32 Å². The molecule has 0 radical (unpaired) electrons. The van der Waals surface area contributed by atoms with Gasteiger partial charge in [0.05, 0.1) is 6.04 Å². The lowest BCUT2D eigenvalue weighted by Gasteiger charge is -2.18. The summed E-state index contributed by atoms with van der Waals surface area (Å²) < 4.78 is 0.